The monoisotopic (exact) mass is 424 g/mol. The molecule has 0 aliphatic rings. The normalized spacial score (nSPS) is 11.6. The van der Waals surface area contributed by atoms with E-state index in [2.05, 4.69) is 10.0 Å². The van der Waals surface area contributed by atoms with E-state index in [1.54, 1.807) is 6.07 Å². The Labute approximate surface area is 136 Å². The summed E-state index contributed by atoms with van der Waals surface area (Å²) in [7, 11) is -3.82. The number of anilines is 1. The summed E-state index contributed by atoms with van der Waals surface area (Å²) in [5, 5.41) is 2.87. The quantitative estimate of drug-likeness (QED) is 0.700. The second-order valence-electron chi connectivity index (χ2n) is 4.23. The lowest BCUT2D eigenvalue weighted by Gasteiger charge is -2.07. The highest BCUT2D eigenvalue weighted by molar-refractivity contribution is 14.1. The number of hydrogen-bond donors (Lipinski definition) is 2. The van der Waals surface area contributed by atoms with Crippen molar-refractivity contribution in [2.24, 2.45) is 0 Å². The lowest BCUT2D eigenvalue weighted by atomic mass is 10.3. The molecule has 1 aromatic heterocycles. The summed E-state index contributed by atoms with van der Waals surface area (Å²) in [5.41, 5.74) is 0.307. The Morgan fingerprint density at radius 1 is 1.29 bits per heavy atom. The van der Waals surface area contributed by atoms with Crippen LogP contribution in [0.3, 0.4) is 0 Å². The Morgan fingerprint density at radius 2 is 2.05 bits per heavy atom. The van der Waals surface area contributed by atoms with Crippen LogP contribution in [0.15, 0.2) is 39.8 Å². The van der Waals surface area contributed by atoms with Crippen LogP contribution >= 0.6 is 22.6 Å². The molecule has 0 atom stereocenters. The second-order valence-corrected chi connectivity index (χ2v) is 7.01. The molecule has 2 N–H and O–H groups in total. The molecule has 0 fully saturated rings. The van der Waals surface area contributed by atoms with Crippen LogP contribution in [0, 0.1) is 9.39 Å². The van der Waals surface area contributed by atoms with Gasteiger partial charge in [-0.2, -0.15) is 8.42 Å². The summed E-state index contributed by atoms with van der Waals surface area (Å²) in [6.07, 6.45) is 0. The number of sulfonamides is 1. The van der Waals surface area contributed by atoms with Gasteiger partial charge in [-0.05, 0) is 59.5 Å². The van der Waals surface area contributed by atoms with E-state index in [0.717, 1.165) is 6.54 Å². The van der Waals surface area contributed by atoms with Gasteiger partial charge in [0, 0.05) is 3.57 Å². The van der Waals surface area contributed by atoms with Crippen LogP contribution in [0.25, 0.3) is 0 Å². The summed E-state index contributed by atoms with van der Waals surface area (Å²) in [6.45, 7) is 3.16. The molecule has 1 aromatic carbocycles. The molecule has 0 aliphatic carbocycles. The Balaban J connectivity index is 2.19. The van der Waals surface area contributed by atoms with Crippen molar-refractivity contribution in [2.75, 3.05) is 11.3 Å². The van der Waals surface area contributed by atoms with Gasteiger partial charge in [-0.15, -0.1) is 0 Å². The smallest absolute Gasteiger partial charge is 0.295 e. The minimum Gasteiger partial charge on any atom is -0.446 e. The van der Waals surface area contributed by atoms with Crippen molar-refractivity contribution in [3.8, 4) is 0 Å². The van der Waals surface area contributed by atoms with Crippen molar-refractivity contribution in [2.45, 2.75) is 18.6 Å². The van der Waals surface area contributed by atoms with E-state index in [1.165, 1.54) is 24.3 Å². The maximum atomic E-state index is 13.0. The van der Waals surface area contributed by atoms with Gasteiger partial charge in [0.2, 0.25) is 5.09 Å². The lowest BCUT2D eigenvalue weighted by Crippen LogP contribution is -2.13. The number of furan rings is 1. The average Bonchev–Trinajstić information content (AvgIpc) is 2.89. The van der Waals surface area contributed by atoms with Crippen LogP contribution in [-0.2, 0) is 16.6 Å². The van der Waals surface area contributed by atoms with Crippen molar-refractivity contribution in [1.82, 2.24) is 5.32 Å². The minimum atomic E-state index is -3.82. The van der Waals surface area contributed by atoms with E-state index in [4.69, 9.17) is 4.42 Å². The predicted molar refractivity (Wildman–Crippen MR) is 86.0 cm³/mol. The molecular formula is C13H14FIN2O3S. The predicted octanol–water partition coefficient (Wildman–Crippen LogP) is 2.93. The van der Waals surface area contributed by atoms with Crippen molar-refractivity contribution in [3.05, 3.63) is 45.5 Å². The molecule has 1 heterocycles. The zero-order chi connectivity index (χ0) is 15.5. The molecule has 8 heteroatoms. The highest BCUT2D eigenvalue weighted by Crippen LogP contribution is 2.23. The van der Waals surface area contributed by atoms with Crippen molar-refractivity contribution < 1.29 is 17.2 Å². The van der Waals surface area contributed by atoms with Gasteiger partial charge in [-0.25, -0.2) is 4.39 Å². The molecule has 114 valence electrons. The van der Waals surface area contributed by atoms with Crippen LogP contribution in [0.5, 0.6) is 0 Å². The van der Waals surface area contributed by atoms with Crippen LogP contribution in [-0.4, -0.2) is 15.0 Å². The van der Waals surface area contributed by atoms with Crippen LogP contribution < -0.4 is 10.0 Å². The van der Waals surface area contributed by atoms with E-state index in [9.17, 15) is 12.8 Å². The van der Waals surface area contributed by atoms with Gasteiger partial charge in [-0.1, -0.05) is 6.92 Å². The number of benzene rings is 1. The van der Waals surface area contributed by atoms with Gasteiger partial charge >= 0.3 is 0 Å². The molecule has 0 aliphatic heterocycles. The summed E-state index contributed by atoms with van der Waals surface area (Å²) in [4.78, 5) is 0. The highest BCUT2D eigenvalue weighted by Gasteiger charge is 2.20. The maximum absolute atomic E-state index is 13.0. The standard InChI is InChI=1S/C13H14FIN2O3S/c1-2-16-8-10-4-6-13(20-10)21(18,19)17-12-5-3-9(14)7-11(12)15/h3-7,16-17H,2,8H2,1H3. The summed E-state index contributed by atoms with van der Waals surface area (Å²) < 4.78 is 45.6. The molecule has 2 rings (SSSR count). The van der Waals surface area contributed by atoms with E-state index in [-0.39, 0.29) is 5.09 Å². The Bertz CT molecular complexity index is 731. The molecule has 0 spiro atoms. The van der Waals surface area contributed by atoms with Gasteiger partial charge in [0.15, 0.2) is 0 Å². The van der Waals surface area contributed by atoms with Gasteiger partial charge < -0.3 is 9.73 Å². The topological polar surface area (TPSA) is 71.3 Å². The van der Waals surface area contributed by atoms with Crippen molar-refractivity contribution in [3.63, 3.8) is 0 Å². The Hall–Kier alpha value is -1.13. The van der Waals surface area contributed by atoms with Crippen molar-refractivity contribution in [1.29, 1.82) is 0 Å². The van der Waals surface area contributed by atoms with Gasteiger partial charge in [0.1, 0.15) is 11.6 Å². The Morgan fingerprint density at radius 3 is 2.71 bits per heavy atom. The lowest BCUT2D eigenvalue weighted by molar-refractivity contribution is 0.405. The van der Waals surface area contributed by atoms with Gasteiger partial charge in [0.05, 0.1) is 12.2 Å². The third-order valence-electron chi connectivity index (χ3n) is 2.63. The summed E-state index contributed by atoms with van der Waals surface area (Å²) in [5.74, 6) is 0.110. The van der Waals surface area contributed by atoms with E-state index >= 15 is 0 Å². The molecule has 21 heavy (non-hydrogen) atoms. The first-order valence-corrected chi connectivity index (χ1v) is 8.76. The fraction of sp³-hybridized carbons (Fsp3) is 0.231. The summed E-state index contributed by atoms with van der Waals surface area (Å²) in [6, 6.07) is 6.81. The van der Waals surface area contributed by atoms with Crippen LogP contribution in [0.4, 0.5) is 10.1 Å². The molecule has 0 saturated heterocycles. The molecule has 0 amide bonds. The minimum absolute atomic E-state index is 0.171. The molecule has 2 aromatic rings. The molecule has 0 saturated carbocycles. The van der Waals surface area contributed by atoms with Crippen LogP contribution in [0.2, 0.25) is 0 Å². The first kappa shape index (κ1) is 16.2. The van der Waals surface area contributed by atoms with Crippen LogP contribution in [0.1, 0.15) is 12.7 Å². The third-order valence-corrected chi connectivity index (χ3v) is 4.76. The van der Waals surface area contributed by atoms with E-state index < -0.39 is 15.8 Å². The SMILES string of the molecule is CCNCc1ccc(S(=O)(=O)Nc2ccc(F)cc2I)o1. The molecule has 0 radical (unpaired) electrons. The fourth-order valence-electron chi connectivity index (χ4n) is 1.61. The first-order valence-electron chi connectivity index (χ1n) is 6.19. The third kappa shape index (κ3) is 4.17. The van der Waals surface area contributed by atoms with Gasteiger partial charge in [-0.3, -0.25) is 4.72 Å². The van der Waals surface area contributed by atoms with E-state index in [0.29, 0.717) is 21.6 Å². The maximum Gasteiger partial charge on any atom is 0.295 e. The summed E-state index contributed by atoms with van der Waals surface area (Å²) >= 11 is 1.86. The first-order chi connectivity index (χ1) is 9.92. The van der Waals surface area contributed by atoms with Gasteiger partial charge in [0.25, 0.3) is 10.0 Å². The molecule has 5 nitrogen and oxygen atoms in total. The number of nitrogens with one attached hydrogen (secondary N) is 2. The number of halogens is 2. The number of hydrogen-bond acceptors (Lipinski definition) is 4. The second kappa shape index (κ2) is 6.75. The zero-order valence-corrected chi connectivity index (χ0v) is 14.2. The zero-order valence-electron chi connectivity index (χ0n) is 11.2. The number of rotatable bonds is 6. The molecular weight excluding hydrogens is 410 g/mol. The largest absolute Gasteiger partial charge is 0.446 e. The highest BCUT2D eigenvalue weighted by atomic mass is 127. The Kier molecular flexibility index (Phi) is 5.22. The molecule has 0 bridgehead atoms. The van der Waals surface area contributed by atoms with Crippen molar-refractivity contribution >= 4 is 38.3 Å². The molecule has 0 unspecified atom stereocenters. The van der Waals surface area contributed by atoms with E-state index in [1.807, 2.05) is 29.5 Å². The fourth-order valence-corrected chi connectivity index (χ4v) is 3.44. The average molecular weight is 424 g/mol.